The summed E-state index contributed by atoms with van der Waals surface area (Å²) in [6.45, 7) is 6.21. The largest absolute Gasteiger partial charge is 0.507 e. The second-order valence-corrected chi connectivity index (χ2v) is 5.51. The van der Waals surface area contributed by atoms with Crippen molar-refractivity contribution in [2.45, 2.75) is 26.8 Å². The zero-order valence-corrected chi connectivity index (χ0v) is 12.5. The van der Waals surface area contributed by atoms with Crippen molar-refractivity contribution in [3.05, 3.63) is 48.2 Å². The minimum Gasteiger partial charge on any atom is -0.507 e. The number of anilines is 1. The Morgan fingerprint density at radius 2 is 1.90 bits per heavy atom. The van der Waals surface area contributed by atoms with Gasteiger partial charge in [0.2, 0.25) is 0 Å². The molecule has 4 nitrogen and oxygen atoms in total. The molecular formula is C17H19N3O. The Morgan fingerprint density at radius 1 is 1.14 bits per heavy atom. The van der Waals surface area contributed by atoms with Crippen LogP contribution in [0.4, 0.5) is 5.82 Å². The van der Waals surface area contributed by atoms with Gasteiger partial charge < -0.3 is 10.4 Å². The lowest BCUT2D eigenvalue weighted by Gasteiger charge is -2.12. The summed E-state index contributed by atoms with van der Waals surface area (Å²) in [5.74, 6) is 1.15. The van der Waals surface area contributed by atoms with E-state index in [1.165, 1.54) is 0 Å². The first-order valence-electron chi connectivity index (χ1n) is 7.10. The van der Waals surface area contributed by atoms with Gasteiger partial charge in [0.25, 0.3) is 0 Å². The smallest absolute Gasteiger partial charge is 0.142 e. The molecule has 2 N–H and O–H groups in total. The molecular weight excluding hydrogens is 262 g/mol. The summed E-state index contributed by atoms with van der Waals surface area (Å²) >= 11 is 0. The van der Waals surface area contributed by atoms with Crippen molar-refractivity contribution in [2.75, 3.05) is 5.32 Å². The van der Waals surface area contributed by atoms with Crippen molar-refractivity contribution in [1.29, 1.82) is 0 Å². The highest BCUT2D eigenvalue weighted by atomic mass is 16.3. The molecule has 0 atom stereocenters. The van der Waals surface area contributed by atoms with Crippen LogP contribution in [0.3, 0.4) is 0 Å². The van der Waals surface area contributed by atoms with E-state index in [0.29, 0.717) is 0 Å². The number of pyridine rings is 1. The van der Waals surface area contributed by atoms with E-state index in [1.54, 1.807) is 6.07 Å². The van der Waals surface area contributed by atoms with Gasteiger partial charge in [-0.2, -0.15) is 0 Å². The van der Waals surface area contributed by atoms with Gasteiger partial charge in [-0.3, -0.25) is 4.40 Å². The molecule has 0 fully saturated rings. The van der Waals surface area contributed by atoms with Gasteiger partial charge >= 0.3 is 0 Å². The Bertz CT molecular complexity index is 790. The number of para-hydroxylation sites is 1. The van der Waals surface area contributed by atoms with Gasteiger partial charge in [0, 0.05) is 17.8 Å². The van der Waals surface area contributed by atoms with Crippen LogP contribution in [0, 0.1) is 6.92 Å². The molecule has 2 heterocycles. The highest BCUT2D eigenvalue weighted by Crippen LogP contribution is 2.35. The van der Waals surface area contributed by atoms with Gasteiger partial charge in [0.15, 0.2) is 0 Å². The normalized spacial score (nSPS) is 11.2. The third-order valence-electron chi connectivity index (χ3n) is 3.43. The van der Waals surface area contributed by atoms with E-state index in [-0.39, 0.29) is 11.8 Å². The lowest BCUT2D eigenvalue weighted by Crippen LogP contribution is -2.12. The zero-order chi connectivity index (χ0) is 15.0. The molecule has 0 aliphatic heterocycles. The minimum atomic E-state index is 0.241. The molecule has 0 amide bonds. The number of aromatic hydroxyl groups is 1. The quantitative estimate of drug-likeness (QED) is 0.767. The summed E-state index contributed by atoms with van der Waals surface area (Å²) in [5, 5.41) is 13.6. The molecule has 1 aromatic carbocycles. The maximum atomic E-state index is 10.1. The standard InChI is InChI=1S/C17H19N3O/c1-11(2)18-17-15(13-8-4-5-9-14(13)21)19-16-12(3)7-6-10-20(16)17/h4-11,18,21H,1-3H3. The van der Waals surface area contributed by atoms with E-state index < -0.39 is 0 Å². The van der Waals surface area contributed by atoms with Crippen molar-refractivity contribution in [3.8, 4) is 17.0 Å². The number of fused-ring (bicyclic) bond motifs is 1. The monoisotopic (exact) mass is 281 g/mol. The number of phenolic OH excluding ortho intramolecular Hbond substituents is 1. The van der Waals surface area contributed by atoms with Gasteiger partial charge in [0.05, 0.1) is 0 Å². The number of nitrogens with zero attached hydrogens (tertiary/aromatic N) is 2. The van der Waals surface area contributed by atoms with Crippen LogP contribution in [-0.4, -0.2) is 20.5 Å². The summed E-state index contributed by atoms with van der Waals surface area (Å²) in [5.41, 5.74) is 3.52. The van der Waals surface area contributed by atoms with Gasteiger partial charge in [-0.25, -0.2) is 4.98 Å². The zero-order valence-electron chi connectivity index (χ0n) is 12.5. The summed E-state index contributed by atoms with van der Waals surface area (Å²) in [4.78, 5) is 4.74. The number of rotatable bonds is 3. The predicted molar refractivity (Wildman–Crippen MR) is 85.8 cm³/mol. The fraction of sp³-hybridized carbons (Fsp3) is 0.235. The van der Waals surface area contributed by atoms with Crippen molar-refractivity contribution < 1.29 is 5.11 Å². The number of benzene rings is 1. The molecule has 4 heteroatoms. The van der Waals surface area contributed by atoms with E-state index in [1.807, 2.05) is 47.9 Å². The second kappa shape index (κ2) is 5.13. The summed E-state index contributed by atoms with van der Waals surface area (Å²) in [7, 11) is 0. The van der Waals surface area contributed by atoms with Crippen molar-refractivity contribution in [2.24, 2.45) is 0 Å². The topological polar surface area (TPSA) is 49.6 Å². The van der Waals surface area contributed by atoms with Gasteiger partial charge in [-0.1, -0.05) is 18.2 Å². The fourth-order valence-electron chi connectivity index (χ4n) is 2.48. The molecule has 3 rings (SSSR count). The summed E-state index contributed by atoms with van der Waals surface area (Å²) < 4.78 is 2.04. The predicted octanol–water partition coefficient (Wildman–Crippen LogP) is 3.84. The average molecular weight is 281 g/mol. The van der Waals surface area contributed by atoms with Crippen LogP contribution in [0.15, 0.2) is 42.6 Å². The van der Waals surface area contributed by atoms with Gasteiger partial charge in [-0.05, 0) is 44.5 Å². The third-order valence-corrected chi connectivity index (χ3v) is 3.43. The van der Waals surface area contributed by atoms with Crippen LogP contribution < -0.4 is 5.32 Å². The van der Waals surface area contributed by atoms with Crippen LogP contribution in [0.1, 0.15) is 19.4 Å². The van der Waals surface area contributed by atoms with Crippen molar-refractivity contribution >= 4 is 11.5 Å². The van der Waals surface area contributed by atoms with E-state index in [4.69, 9.17) is 4.98 Å². The Morgan fingerprint density at radius 3 is 2.62 bits per heavy atom. The Kier molecular flexibility index (Phi) is 3.29. The fourth-order valence-corrected chi connectivity index (χ4v) is 2.48. The molecule has 0 radical (unpaired) electrons. The highest BCUT2D eigenvalue weighted by molar-refractivity contribution is 5.80. The molecule has 3 aromatic rings. The molecule has 0 bridgehead atoms. The van der Waals surface area contributed by atoms with E-state index >= 15 is 0 Å². The molecule has 108 valence electrons. The average Bonchev–Trinajstić information content (AvgIpc) is 2.79. The molecule has 0 saturated carbocycles. The number of phenols is 1. The summed E-state index contributed by atoms with van der Waals surface area (Å²) in [6, 6.07) is 11.6. The highest BCUT2D eigenvalue weighted by Gasteiger charge is 2.17. The SMILES string of the molecule is Cc1cccn2c(NC(C)C)c(-c3ccccc3O)nc12. The molecule has 0 unspecified atom stereocenters. The van der Waals surface area contributed by atoms with Gasteiger partial charge in [-0.15, -0.1) is 0 Å². The third kappa shape index (κ3) is 2.33. The molecule has 0 aliphatic rings. The van der Waals surface area contributed by atoms with Crippen molar-refractivity contribution in [3.63, 3.8) is 0 Å². The molecule has 21 heavy (non-hydrogen) atoms. The Balaban J connectivity index is 2.31. The van der Waals surface area contributed by atoms with E-state index in [9.17, 15) is 5.11 Å². The number of hydrogen-bond donors (Lipinski definition) is 2. The Labute approximate surface area is 124 Å². The number of aromatic nitrogens is 2. The number of nitrogens with one attached hydrogen (secondary N) is 1. The van der Waals surface area contributed by atoms with Gasteiger partial charge in [0.1, 0.15) is 22.9 Å². The number of aryl methyl sites for hydroxylation is 1. The molecule has 2 aromatic heterocycles. The van der Waals surface area contributed by atoms with Crippen LogP contribution in [0.25, 0.3) is 16.9 Å². The van der Waals surface area contributed by atoms with E-state index in [0.717, 1.165) is 28.3 Å². The lowest BCUT2D eigenvalue weighted by atomic mass is 10.1. The Hall–Kier alpha value is -2.49. The van der Waals surface area contributed by atoms with Crippen LogP contribution in [0.2, 0.25) is 0 Å². The minimum absolute atomic E-state index is 0.241. The first kappa shape index (κ1) is 13.5. The summed E-state index contributed by atoms with van der Waals surface area (Å²) in [6.07, 6.45) is 1.99. The molecule has 0 aliphatic carbocycles. The first-order valence-corrected chi connectivity index (χ1v) is 7.10. The number of imidazole rings is 1. The maximum absolute atomic E-state index is 10.1. The van der Waals surface area contributed by atoms with E-state index in [2.05, 4.69) is 19.2 Å². The lowest BCUT2D eigenvalue weighted by molar-refractivity contribution is 0.477. The second-order valence-electron chi connectivity index (χ2n) is 5.51. The van der Waals surface area contributed by atoms with Crippen molar-refractivity contribution in [1.82, 2.24) is 9.38 Å². The van der Waals surface area contributed by atoms with Crippen LogP contribution in [0.5, 0.6) is 5.75 Å². The molecule has 0 spiro atoms. The number of hydrogen-bond acceptors (Lipinski definition) is 3. The maximum Gasteiger partial charge on any atom is 0.142 e. The van der Waals surface area contributed by atoms with Crippen LogP contribution >= 0.6 is 0 Å². The van der Waals surface area contributed by atoms with Crippen LogP contribution in [-0.2, 0) is 0 Å². The molecule has 0 saturated heterocycles. The first-order chi connectivity index (χ1) is 10.1.